The summed E-state index contributed by atoms with van der Waals surface area (Å²) in [6.45, 7) is 2.11. The fraction of sp³-hybridized carbons (Fsp3) is 0.333. The lowest BCUT2D eigenvalue weighted by Crippen LogP contribution is -2.38. The molecule has 0 saturated carbocycles. The molecular formula is C18H23NO2. The number of rotatable bonds is 6. The predicted octanol–water partition coefficient (Wildman–Crippen LogP) is 3.51. The molecule has 0 fully saturated rings. The Labute approximate surface area is 126 Å². The van der Waals surface area contributed by atoms with Gasteiger partial charge < -0.3 is 15.2 Å². The van der Waals surface area contributed by atoms with Gasteiger partial charge in [-0.25, -0.2) is 0 Å². The maximum Gasteiger partial charge on any atom is 0.161 e. The van der Waals surface area contributed by atoms with Gasteiger partial charge in [0.05, 0.1) is 14.2 Å². The predicted molar refractivity (Wildman–Crippen MR) is 85.8 cm³/mol. The van der Waals surface area contributed by atoms with Crippen LogP contribution >= 0.6 is 0 Å². The zero-order chi connectivity index (χ0) is 15.3. The van der Waals surface area contributed by atoms with Crippen LogP contribution in [-0.4, -0.2) is 14.2 Å². The smallest absolute Gasteiger partial charge is 0.161 e. The lowest BCUT2D eigenvalue weighted by Gasteiger charge is -2.29. The number of hydrogen-bond acceptors (Lipinski definition) is 3. The van der Waals surface area contributed by atoms with E-state index in [4.69, 9.17) is 15.2 Å². The first kappa shape index (κ1) is 15.4. The van der Waals surface area contributed by atoms with E-state index >= 15 is 0 Å². The van der Waals surface area contributed by atoms with Gasteiger partial charge in [0, 0.05) is 5.54 Å². The van der Waals surface area contributed by atoms with E-state index in [0.717, 1.165) is 24.2 Å². The van der Waals surface area contributed by atoms with Crippen LogP contribution in [-0.2, 0) is 12.0 Å². The second kappa shape index (κ2) is 6.64. The molecule has 0 saturated heterocycles. The van der Waals surface area contributed by atoms with Crippen molar-refractivity contribution >= 4 is 0 Å². The van der Waals surface area contributed by atoms with E-state index < -0.39 is 5.54 Å². The van der Waals surface area contributed by atoms with Gasteiger partial charge in [0.25, 0.3) is 0 Å². The zero-order valence-electron chi connectivity index (χ0n) is 12.9. The molecule has 0 amide bonds. The van der Waals surface area contributed by atoms with Gasteiger partial charge in [-0.3, -0.25) is 0 Å². The quantitative estimate of drug-likeness (QED) is 0.883. The summed E-state index contributed by atoms with van der Waals surface area (Å²) in [4.78, 5) is 0. The second-order valence-electron chi connectivity index (χ2n) is 5.24. The minimum Gasteiger partial charge on any atom is -0.493 e. The summed E-state index contributed by atoms with van der Waals surface area (Å²) >= 11 is 0. The lowest BCUT2D eigenvalue weighted by atomic mass is 9.82. The highest BCUT2D eigenvalue weighted by Gasteiger charge is 2.26. The molecule has 1 atom stereocenters. The number of ether oxygens (including phenoxy) is 2. The molecule has 1 unspecified atom stereocenters. The molecule has 2 aromatic rings. The Morgan fingerprint density at radius 1 is 0.952 bits per heavy atom. The summed E-state index contributed by atoms with van der Waals surface area (Å²) in [6.07, 6.45) is 1.64. The van der Waals surface area contributed by atoms with Gasteiger partial charge in [0.2, 0.25) is 0 Å². The molecule has 0 aliphatic heterocycles. The van der Waals surface area contributed by atoms with Crippen molar-refractivity contribution in [3.05, 3.63) is 59.7 Å². The largest absolute Gasteiger partial charge is 0.493 e. The average molecular weight is 285 g/mol. The molecule has 112 valence electrons. The zero-order valence-corrected chi connectivity index (χ0v) is 12.9. The van der Waals surface area contributed by atoms with Crippen molar-refractivity contribution in [3.8, 4) is 11.5 Å². The molecule has 2 rings (SSSR count). The van der Waals surface area contributed by atoms with E-state index in [-0.39, 0.29) is 0 Å². The molecule has 2 N–H and O–H groups in total. The first-order valence-electron chi connectivity index (χ1n) is 7.18. The molecule has 0 bridgehead atoms. The van der Waals surface area contributed by atoms with Gasteiger partial charge in [-0.1, -0.05) is 43.3 Å². The number of hydrogen-bond donors (Lipinski definition) is 1. The topological polar surface area (TPSA) is 44.5 Å². The van der Waals surface area contributed by atoms with Crippen molar-refractivity contribution in [3.63, 3.8) is 0 Å². The third-order valence-electron chi connectivity index (χ3n) is 3.95. The molecule has 0 aliphatic rings. The highest BCUT2D eigenvalue weighted by molar-refractivity contribution is 5.45. The molecule has 0 aromatic heterocycles. The Morgan fingerprint density at radius 3 is 2.19 bits per heavy atom. The Hall–Kier alpha value is -2.00. The monoisotopic (exact) mass is 285 g/mol. The van der Waals surface area contributed by atoms with Gasteiger partial charge in [0.1, 0.15) is 0 Å². The van der Waals surface area contributed by atoms with Crippen LogP contribution in [0.15, 0.2) is 48.5 Å². The van der Waals surface area contributed by atoms with Crippen LogP contribution < -0.4 is 15.2 Å². The molecule has 21 heavy (non-hydrogen) atoms. The maximum atomic E-state index is 6.67. The fourth-order valence-electron chi connectivity index (χ4n) is 2.54. The molecule has 2 aromatic carbocycles. The summed E-state index contributed by atoms with van der Waals surface area (Å²) in [7, 11) is 3.28. The molecule has 0 heterocycles. The summed E-state index contributed by atoms with van der Waals surface area (Å²) in [5.74, 6) is 1.44. The normalized spacial score (nSPS) is 13.5. The van der Waals surface area contributed by atoms with E-state index in [2.05, 4.69) is 19.1 Å². The lowest BCUT2D eigenvalue weighted by molar-refractivity contribution is 0.351. The number of methoxy groups -OCH3 is 2. The Balaban J connectivity index is 2.35. The first-order chi connectivity index (χ1) is 10.1. The standard InChI is InChI=1S/C18H23NO2/c1-4-18(19,13-14-8-6-5-7-9-14)15-10-11-16(20-2)17(12-15)21-3/h5-12H,4,13,19H2,1-3H3. The van der Waals surface area contributed by atoms with Crippen LogP contribution in [0.5, 0.6) is 11.5 Å². The summed E-state index contributed by atoms with van der Waals surface area (Å²) in [5.41, 5.74) is 8.55. The van der Waals surface area contributed by atoms with Gasteiger partial charge >= 0.3 is 0 Å². The van der Waals surface area contributed by atoms with Crippen LogP contribution in [0.2, 0.25) is 0 Å². The summed E-state index contributed by atoms with van der Waals surface area (Å²) < 4.78 is 10.7. The van der Waals surface area contributed by atoms with Crippen molar-refractivity contribution in [1.82, 2.24) is 0 Å². The van der Waals surface area contributed by atoms with Gasteiger partial charge in [-0.05, 0) is 36.1 Å². The molecule has 0 aliphatic carbocycles. The Morgan fingerprint density at radius 2 is 1.62 bits per heavy atom. The minimum atomic E-state index is -0.416. The molecule has 3 heteroatoms. The summed E-state index contributed by atoms with van der Waals surface area (Å²) in [5, 5.41) is 0. The first-order valence-corrected chi connectivity index (χ1v) is 7.18. The third-order valence-corrected chi connectivity index (χ3v) is 3.95. The minimum absolute atomic E-state index is 0.416. The van der Waals surface area contributed by atoms with Crippen LogP contribution in [0.25, 0.3) is 0 Å². The molecular weight excluding hydrogens is 262 g/mol. The van der Waals surface area contributed by atoms with Crippen molar-refractivity contribution in [2.24, 2.45) is 5.73 Å². The van der Waals surface area contributed by atoms with E-state index in [1.54, 1.807) is 14.2 Å². The van der Waals surface area contributed by atoms with Crippen molar-refractivity contribution in [1.29, 1.82) is 0 Å². The van der Waals surface area contributed by atoms with Gasteiger partial charge in [-0.15, -0.1) is 0 Å². The fourth-order valence-corrected chi connectivity index (χ4v) is 2.54. The second-order valence-corrected chi connectivity index (χ2v) is 5.24. The average Bonchev–Trinajstić information content (AvgIpc) is 2.54. The highest BCUT2D eigenvalue weighted by atomic mass is 16.5. The van der Waals surface area contributed by atoms with Crippen LogP contribution in [0.3, 0.4) is 0 Å². The molecule has 0 radical (unpaired) electrons. The molecule has 3 nitrogen and oxygen atoms in total. The van der Waals surface area contributed by atoms with E-state index in [9.17, 15) is 0 Å². The van der Waals surface area contributed by atoms with Crippen LogP contribution in [0.4, 0.5) is 0 Å². The maximum absolute atomic E-state index is 6.67. The van der Waals surface area contributed by atoms with Crippen molar-refractivity contribution in [2.75, 3.05) is 14.2 Å². The van der Waals surface area contributed by atoms with Crippen molar-refractivity contribution < 1.29 is 9.47 Å². The Bertz CT molecular complexity index is 583. The summed E-state index contributed by atoms with van der Waals surface area (Å²) in [6, 6.07) is 16.2. The van der Waals surface area contributed by atoms with E-state index in [1.807, 2.05) is 36.4 Å². The van der Waals surface area contributed by atoms with Crippen LogP contribution in [0.1, 0.15) is 24.5 Å². The van der Waals surface area contributed by atoms with E-state index in [0.29, 0.717) is 5.75 Å². The van der Waals surface area contributed by atoms with Gasteiger partial charge in [-0.2, -0.15) is 0 Å². The van der Waals surface area contributed by atoms with Gasteiger partial charge in [0.15, 0.2) is 11.5 Å². The number of nitrogens with two attached hydrogens (primary N) is 1. The Kier molecular flexibility index (Phi) is 4.86. The van der Waals surface area contributed by atoms with E-state index in [1.165, 1.54) is 5.56 Å². The van der Waals surface area contributed by atoms with Crippen molar-refractivity contribution in [2.45, 2.75) is 25.3 Å². The third kappa shape index (κ3) is 3.37. The molecule has 0 spiro atoms. The van der Waals surface area contributed by atoms with Crippen LogP contribution in [0, 0.1) is 0 Å². The highest BCUT2D eigenvalue weighted by Crippen LogP contribution is 2.34. The number of benzene rings is 2. The SMILES string of the molecule is CCC(N)(Cc1ccccc1)c1ccc(OC)c(OC)c1.